The maximum absolute atomic E-state index is 12.8. The summed E-state index contributed by atoms with van der Waals surface area (Å²) in [6.45, 7) is 2.61. The summed E-state index contributed by atoms with van der Waals surface area (Å²) < 4.78 is 5.73. The summed E-state index contributed by atoms with van der Waals surface area (Å²) in [6.07, 6.45) is 6.06. The Morgan fingerprint density at radius 3 is 2.36 bits per heavy atom. The van der Waals surface area contributed by atoms with Gasteiger partial charge in [0.1, 0.15) is 5.75 Å². The zero-order valence-electron chi connectivity index (χ0n) is 12.6. The molecule has 4 atom stereocenters. The summed E-state index contributed by atoms with van der Waals surface area (Å²) in [5, 5.41) is 0. The number of fused-ring (bicyclic) bond motifs is 5. The molecule has 114 valence electrons. The largest absolute Gasteiger partial charge is 0.491 e. The number of carbonyl (C=O) groups excluding carboxylic acids is 2. The fourth-order valence-electron chi connectivity index (χ4n) is 4.12. The molecule has 0 aromatic heterocycles. The molecule has 2 bridgehead atoms. The molecule has 3 aliphatic rings. The van der Waals surface area contributed by atoms with Gasteiger partial charge in [-0.1, -0.05) is 31.2 Å². The number of nitrogens with zero attached hydrogens (tertiary/aromatic N) is 1. The molecule has 22 heavy (non-hydrogen) atoms. The number of anilines is 1. The lowest BCUT2D eigenvalue weighted by Crippen LogP contribution is -2.33. The van der Waals surface area contributed by atoms with Crippen molar-refractivity contribution in [3.8, 4) is 5.75 Å². The van der Waals surface area contributed by atoms with E-state index >= 15 is 0 Å². The average molecular weight is 297 g/mol. The molecule has 4 nitrogen and oxygen atoms in total. The van der Waals surface area contributed by atoms with Crippen molar-refractivity contribution in [1.82, 2.24) is 0 Å². The summed E-state index contributed by atoms with van der Waals surface area (Å²) in [7, 11) is 0. The quantitative estimate of drug-likeness (QED) is 0.634. The topological polar surface area (TPSA) is 46.6 Å². The number of ether oxygens (including phenoxy) is 1. The summed E-state index contributed by atoms with van der Waals surface area (Å²) in [5.41, 5.74) is 0.597. The van der Waals surface area contributed by atoms with Crippen LogP contribution in [-0.4, -0.2) is 18.4 Å². The van der Waals surface area contributed by atoms with Crippen LogP contribution in [0.2, 0.25) is 0 Å². The van der Waals surface area contributed by atoms with Gasteiger partial charge in [-0.05, 0) is 36.8 Å². The second kappa shape index (κ2) is 4.97. The third-order valence-electron chi connectivity index (χ3n) is 5.04. The number of allylic oxidation sites excluding steroid dienone is 2. The molecule has 0 unspecified atom stereocenters. The Balaban J connectivity index is 1.70. The van der Waals surface area contributed by atoms with Gasteiger partial charge in [0.05, 0.1) is 24.1 Å². The molecule has 2 fully saturated rings. The number of para-hydroxylation sites is 2. The SMILES string of the molecule is CCCOc1ccccc1N1C(=O)[C@H]2[C@H](C1=O)[C@H]1C=C[C@H]2C1. The van der Waals surface area contributed by atoms with E-state index in [1.54, 1.807) is 6.07 Å². The molecule has 1 aliphatic heterocycles. The van der Waals surface area contributed by atoms with E-state index in [0.717, 1.165) is 12.8 Å². The fraction of sp³-hybridized carbons (Fsp3) is 0.444. The van der Waals surface area contributed by atoms with Crippen molar-refractivity contribution in [2.24, 2.45) is 23.7 Å². The van der Waals surface area contributed by atoms with E-state index in [4.69, 9.17) is 4.74 Å². The zero-order chi connectivity index (χ0) is 15.3. The van der Waals surface area contributed by atoms with E-state index in [0.29, 0.717) is 18.0 Å². The van der Waals surface area contributed by atoms with Gasteiger partial charge in [-0.15, -0.1) is 0 Å². The smallest absolute Gasteiger partial charge is 0.238 e. The average Bonchev–Trinajstić information content (AvgIpc) is 3.20. The highest BCUT2D eigenvalue weighted by Crippen LogP contribution is 2.53. The predicted octanol–water partition coefficient (Wildman–Crippen LogP) is 2.79. The van der Waals surface area contributed by atoms with Crippen molar-refractivity contribution < 1.29 is 14.3 Å². The Morgan fingerprint density at radius 1 is 1.09 bits per heavy atom. The summed E-state index contributed by atoms with van der Waals surface area (Å²) >= 11 is 0. The number of carbonyl (C=O) groups is 2. The van der Waals surface area contributed by atoms with Crippen LogP contribution in [-0.2, 0) is 9.59 Å². The van der Waals surface area contributed by atoms with Gasteiger partial charge in [0.25, 0.3) is 0 Å². The second-order valence-electron chi connectivity index (χ2n) is 6.33. The van der Waals surface area contributed by atoms with Gasteiger partial charge in [0.15, 0.2) is 0 Å². The minimum atomic E-state index is -0.165. The van der Waals surface area contributed by atoms with Gasteiger partial charge in [-0.3, -0.25) is 9.59 Å². The first-order valence-electron chi connectivity index (χ1n) is 8.00. The lowest BCUT2D eigenvalue weighted by molar-refractivity contribution is -0.123. The molecule has 2 aliphatic carbocycles. The highest BCUT2D eigenvalue weighted by Gasteiger charge is 2.59. The van der Waals surface area contributed by atoms with Crippen molar-refractivity contribution >= 4 is 17.5 Å². The van der Waals surface area contributed by atoms with Crippen molar-refractivity contribution in [1.29, 1.82) is 0 Å². The Bertz CT molecular complexity index is 636. The van der Waals surface area contributed by atoms with Gasteiger partial charge in [0, 0.05) is 0 Å². The maximum Gasteiger partial charge on any atom is 0.238 e. The minimum Gasteiger partial charge on any atom is -0.491 e. The first-order valence-corrected chi connectivity index (χ1v) is 8.00. The molecular formula is C18H19NO3. The van der Waals surface area contributed by atoms with Crippen LogP contribution in [0.25, 0.3) is 0 Å². The molecule has 1 aromatic carbocycles. The minimum absolute atomic E-state index is 0.0561. The van der Waals surface area contributed by atoms with Crippen LogP contribution in [0.3, 0.4) is 0 Å². The molecular weight excluding hydrogens is 278 g/mol. The zero-order valence-corrected chi connectivity index (χ0v) is 12.6. The van der Waals surface area contributed by atoms with E-state index in [1.165, 1.54) is 4.90 Å². The first kappa shape index (κ1) is 13.6. The summed E-state index contributed by atoms with van der Waals surface area (Å²) in [6, 6.07) is 7.34. The number of rotatable bonds is 4. The molecule has 0 spiro atoms. The van der Waals surface area contributed by atoms with Crippen molar-refractivity contribution in [3.63, 3.8) is 0 Å². The van der Waals surface area contributed by atoms with E-state index < -0.39 is 0 Å². The second-order valence-corrected chi connectivity index (χ2v) is 6.33. The van der Waals surface area contributed by atoms with Crippen molar-refractivity contribution in [2.75, 3.05) is 11.5 Å². The van der Waals surface area contributed by atoms with Gasteiger partial charge in [-0.2, -0.15) is 0 Å². The lowest BCUT2D eigenvalue weighted by atomic mass is 9.85. The maximum atomic E-state index is 12.8. The standard InChI is InChI=1S/C18H19NO3/c1-2-9-22-14-6-4-3-5-13(14)19-17(20)15-11-7-8-12(10-11)16(15)18(19)21/h3-8,11-12,15-16H,2,9-10H2,1H3/t11-,12-,15+,16+/m0/s1. The molecule has 1 saturated carbocycles. The molecule has 1 heterocycles. The van der Waals surface area contributed by atoms with Crippen LogP contribution in [0, 0.1) is 23.7 Å². The van der Waals surface area contributed by atoms with Crippen LogP contribution in [0.1, 0.15) is 19.8 Å². The van der Waals surface area contributed by atoms with Gasteiger partial charge in [-0.25, -0.2) is 4.90 Å². The molecule has 2 amide bonds. The van der Waals surface area contributed by atoms with Gasteiger partial charge in [0.2, 0.25) is 11.8 Å². The number of hydrogen-bond donors (Lipinski definition) is 0. The van der Waals surface area contributed by atoms with Gasteiger partial charge < -0.3 is 4.74 Å². The molecule has 4 rings (SSSR count). The van der Waals surface area contributed by atoms with Crippen LogP contribution in [0.15, 0.2) is 36.4 Å². The Labute approximate surface area is 129 Å². The number of imide groups is 1. The molecule has 0 N–H and O–H groups in total. The number of benzene rings is 1. The Hall–Kier alpha value is -2.10. The van der Waals surface area contributed by atoms with Crippen molar-refractivity contribution in [3.05, 3.63) is 36.4 Å². The van der Waals surface area contributed by atoms with E-state index in [1.807, 2.05) is 25.1 Å². The monoisotopic (exact) mass is 297 g/mol. The Morgan fingerprint density at radius 2 is 1.73 bits per heavy atom. The summed E-state index contributed by atoms with van der Waals surface area (Å²) in [5.74, 6) is 0.647. The molecule has 1 aromatic rings. The lowest BCUT2D eigenvalue weighted by Gasteiger charge is -2.20. The first-order chi connectivity index (χ1) is 10.7. The van der Waals surface area contributed by atoms with E-state index in [-0.39, 0.29) is 35.5 Å². The van der Waals surface area contributed by atoms with E-state index in [2.05, 4.69) is 12.2 Å². The van der Waals surface area contributed by atoms with Crippen LogP contribution in [0.5, 0.6) is 5.75 Å². The Kier molecular flexibility index (Phi) is 3.06. The highest BCUT2D eigenvalue weighted by atomic mass is 16.5. The number of hydrogen-bond acceptors (Lipinski definition) is 3. The van der Waals surface area contributed by atoms with Gasteiger partial charge >= 0.3 is 0 Å². The van der Waals surface area contributed by atoms with Crippen LogP contribution in [0.4, 0.5) is 5.69 Å². The molecule has 0 radical (unpaired) electrons. The summed E-state index contributed by atoms with van der Waals surface area (Å²) in [4.78, 5) is 27.0. The molecule has 4 heteroatoms. The normalized spacial score (nSPS) is 32.0. The van der Waals surface area contributed by atoms with Crippen LogP contribution >= 0.6 is 0 Å². The predicted molar refractivity (Wildman–Crippen MR) is 82.4 cm³/mol. The van der Waals surface area contributed by atoms with Crippen molar-refractivity contribution in [2.45, 2.75) is 19.8 Å². The third-order valence-corrected chi connectivity index (χ3v) is 5.04. The third kappa shape index (κ3) is 1.76. The highest BCUT2D eigenvalue weighted by molar-refractivity contribution is 6.23. The fourth-order valence-corrected chi connectivity index (χ4v) is 4.12. The van der Waals surface area contributed by atoms with E-state index in [9.17, 15) is 9.59 Å². The molecule has 1 saturated heterocycles. The number of amides is 2. The van der Waals surface area contributed by atoms with Crippen LogP contribution < -0.4 is 9.64 Å².